The largest absolute Gasteiger partial charge is 0.497 e. The van der Waals surface area contributed by atoms with E-state index in [1.807, 2.05) is 19.0 Å². The Bertz CT molecular complexity index is 992. The highest BCUT2D eigenvalue weighted by Gasteiger charge is 2.14. The van der Waals surface area contributed by atoms with Gasteiger partial charge in [0.05, 0.1) is 23.7 Å². The lowest BCUT2D eigenvalue weighted by Gasteiger charge is -2.12. The number of likely N-dealkylation sites (N-methyl/N-ethyl adjacent to an activating group) is 1. The molecule has 0 unspecified atom stereocenters. The molecule has 0 saturated carbocycles. The van der Waals surface area contributed by atoms with Crippen LogP contribution in [0, 0.1) is 0 Å². The molecule has 130 valence electrons. The zero-order valence-electron chi connectivity index (χ0n) is 14.6. The van der Waals surface area contributed by atoms with E-state index >= 15 is 0 Å². The number of amides is 1. The van der Waals surface area contributed by atoms with Crippen LogP contribution in [0.2, 0.25) is 0 Å². The molecule has 6 nitrogen and oxygen atoms in total. The van der Waals surface area contributed by atoms with Gasteiger partial charge in [-0.2, -0.15) is 0 Å². The molecule has 3 rings (SSSR count). The zero-order valence-corrected chi connectivity index (χ0v) is 14.6. The molecular formula is C19H21N3O3. The maximum absolute atomic E-state index is 12.8. The molecule has 0 bridgehead atoms. The Morgan fingerprint density at radius 1 is 1.20 bits per heavy atom. The van der Waals surface area contributed by atoms with Crippen LogP contribution in [0.3, 0.4) is 0 Å². The predicted octanol–water partition coefficient (Wildman–Crippen LogP) is 1.98. The van der Waals surface area contributed by atoms with E-state index in [2.05, 4.69) is 10.3 Å². The van der Waals surface area contributed by atoms with E-state index in [4.69, 9.17) is 4.74 Å². The van der Waals surface area contributed by atoms with Gasteiger partial charge in [-0.15, -0.1) is 0 Å². The first-order valence-corrected chi connectivity index (χ1v) is 8.07. The van der Waals surface area contributed by atoms with E-state index < -0.39 is 0 Å². The predicted molar refractivity (Wildman–Crippen MR) is 99.5 cm³/mol. The number of hydrogen-bond donors (Lipinski definition) is 2. The average molecular weight is 339 g/mol. The highest BCUT2D eigenvalue weighted by molar-refractivity contribution is 6.07. The minimum absolute atomic E-state index is 0.120. The Morgan fingerprint density at radius 2 is 2.00 bits per heavy atom. The molecule has 3 aromatic rings. The first-order chi connectivity index (χ1) is 12.0. The minimum atomic E-state index is -0.198. The van der Waals surface area contributed by atoms with Crippen LogP contribution in [-0.2, 0) is 0 Å². The number of pyridine rings is 1. The number of nitrogens with zero attached hydrogens (tertiary/aromatic N) is 1. The molecule has 0 fully saturated rings. The van der Waals surface area contributed by atoms with Gasteiger partial charge in [0.15, 0.2) is 5.43 Å². The third-order valence-corrected chi connectivity index (χ3v) is 4.13. The van der Waals surface area contributed by atoms with Crippen LogP contribution in [-0.4, -0.2) is 50.1 Å². The van der Waals surface area contributed by atoms with Gasteiger partial charge in [0.2, 0.25) is 0 Å². The number of rotatable bonds is 5. The molecule has 6 heteroatoms. The number of aromatic amines is 1. The lowest BCUT2D eigenvalue weighted by molar-refractivity contribution is 0.0952. The molecular weight excluding hydrogens is 318 g/mol. The van der Waals surface area contributed by atoms with E-state index in [-0.39, 0.29) is 11.3 Å². The second kappa shape index (κ2) is 6.94. The van der Waals surface area contributed by atoms with Crippen LogP contribution in [0.25, 0.3) is 21.8 Å². The standard InChI is InChI=1S/C19H21N3O3/c1-22(2)10-9-20-19(24)14-6-4-5-13-17(14)21-16-8-7-12(25-3)11-15(16)18(13)23/h4-8,11H,9-10H2,1-3H3,(H,20,24)(H,21,23). The van der Waals surface area contributed by atoms with Crippen LogP contribution in [0.15, 0.2) is 41.2 Å². The number of benzene rings is 2. The Hall–Kier alpha value is -2.86. The maximum atomic E-state index is 12.8. The van der Waals surface area contributed by atoms with Crippen LogP contribution < -0.4 is 15.5 Å². The molecule has 2 aromatic carbocycles. The summed E-state index contributed by atoms with van der Waals surface area (Å²) < 4.78 is 5.19. The van der Waals surface area contributed by atoms with Gasteiger partial charge in [0.25, 0.3) is 5.91 Å². The van der Waals surface area contributed by atoms with Gasteiger partial charge in [-0.3, -0.25) is 9.59 Å². The zero-order chi connectivity index (χ0) is 18.0. The van der Waals surface area contributed by atoms with Gasteiger partial charge in [0.1, 0.15) is 5.75 Å². The van der Waals surface area contributed by atoms with Crippen molar-refractivity contribution < 1.29 is 9.53 Å². The van der Waals surface area contributed by atoms with Gasteiger partial charge >= 0.3 is 0 Å². The van der Waals surface area contributed by atoms with Crippen molar-refractivity contribution in [2.24, 2.45) is 0 Å². The summed E-state index contributed by atoms with van der Waals surface area (Å²) in [4.78, 5) is 30.6. The molecule has 0 aliphatic carbocycles. The summed E-state index contributed by atoms with van der Waals surface area (Å²) in [6.07, 6.45) is 0. The Morgan fingerprint density at radius 3 is 2.72 bits per heavy atom. The summed E-state index contributed by atoms with van der Waals surface area (Å²) in [5, 5.41) is 3.91. The van der Waals surface area contributed by atoms with E-state index in [9.17, 15) is 9.59 Å². The number of para-hydroxylation sites is 1. The van der Waals surface area contributed by atoms with E-state index in [1.54, 1.807) is 43.5 Å². The number of aromatic nitrogens is 1. The lowest BCUT2D eigenvalue weighted by atomic mass is 10.1. The van der Waals surface area contributed by atoms with Crippen LogP contribution >= 0.6 is 0 Å². The molecule has 1 heterocycles. The van der Waals surface area contributed by atoms with Crippen molar-refractivity contribution in [2.75, 3.05) is 34.3 Å². The molecule has 1 amide bonds. The number of fused-ring (bicyclic) bond motifs is 2. The highest BCUT2D eigenvalue weighted by Crippen LogP contribution is 2.21. The first-order valence-electron chi connectivity index (χ1n) is 8.07. The number of H-pyrrole nitrogens is 1. The summed E-state index contributed by atoms with van der Waals surface area (Å²) in [6, 6.07) is 10.4. The number of hydrogen-bond acceptors (Lipinski definition) is 4. The van der Waals surface area contributed by atoms with Crippen molar-refractivity contribution in [2.45, 2.75) is 0 Å². The summed E-state index contributed by atoms with van der Waals surface area (Å²) in [5.74, 6) is 0.422. The molecule has 0 atom stereocenters. The molecule has 0 aliphatic rings. The SMILES string of the molecule is COc1ccc2[nH]c3c(C(=O)NCCN(C)C)cccc3c(=O)c2c1. The van der Waals surface area contributed by atoms with Crippen molar-refractivity contribution in [3.8, 4) is 5.75 Å². The molecule has 0 spiro atoms. The quantitative estimate of drug-likeness (QED) is 0.697. The fourth-order valence-electron chi connectivity index (χ4n) is 2.78. The molecule has 2 N–H and O–H groups in total. The van der Waals surface area contributed by atoms with Gasteiger partial charge in [-0.1, -0.05) is 6.07 Å². The Kier molecular flexibility index (Phi) is 4.72. The van der Waals surface area contributed by atoms with Crippen LogP contribution in [0.4, 0.5) is 0 Å². The lowest BCUT2D eigenvalue weighted by Crippen LogP contribution is -2.31. The summed E-state index contributed by atoms with van der Waals surface area (Å²) >= 11 is 0. The molecule has 25 heavy (non-hydrogen) atoms. The number of methoxy groups -OCH3 is 1. The Balaban J connectivity index is 2.09. The van der Waals surface area contributed by atoms with Crippen LogP contribution in [0.5, 0.6) is 5.75 Å². The minimum Gasteiger partial charge on any atom is -0.497 e. The monoisotopic (exact) mass is 339 g/mol. The normalized spacial score (nSPS) is 11.2. The van der Waals surface area contributed by atoms with Crippen LogP contribution in [0.1, 0.15) is 10.4 Å². The molecule has 0 radical (unpaired) electrons. The molecule has 1 aromatic heterocycles. The first kappa shape index (κ1) is 17.0. The van der Waals surface area contributed by atoms with Crippen molar-refractivity contribution in [1.82, 2.24) is 15.2 Å². The average Bonchev–Trinajstić information content (AvgIpc) is 2.61. The Labute approximate surface area is 145 Å². The smallest absolute Gasteiger partial charge is 0.253 e. The fourth-order valence-corrected chi connectivity index (χ4v) is 2.78. The highest BCUT2D eigenvalue weighted by atomic mass is 16.5. The van der Waals surface area contributed by atoms with Gasteiger partial charge < -0.3 is 19.9 Å². The van der Waals surface area contributed by atoms with Crippen molar-refractivity contribution >= 4 is 27.7 Å². The topological polar surface area (TPSA) is 74.4 Å². The number of nitrogens with one attached hydrogen (secondary N) is 2. The van der Waals surface area contributed by atoms with Crippen molar-refractivity contribution in [3.05, 3.63) is 52.2 Å². The summed E-state index contributed by atoms with van der Waals surface area (Å²) in [7, 11) is 5.45. The van der Waals surface area contributed by atoms with Crippen molar-refractivity contribution in [3.63, 3.8) is 0 Å². The second-order valence-electron chi connectivity index (χ2n) is 6.15. The number of ether oxygens (including phenoxy) is 1. The summed E-state index contributed by atoms with van der Waals surface area (Å²) in [5.41, 5.74) is 1.57. The third-order valence-electron chi connectivity index (χ3n) is 4.13. The van der Waals surface area contributed by atoms with Gasteiger partial charge in [-0.05, 0) is 44.4 Å². The van der Waals surface area contributed by atoms with Gasteiger partial charge in [0, 0.05) is 23.9 Å². The third kappa shape index (κ3) is 3.34. The van der Waals surface area contributed by atoms with Crippen molar-refractivity contribution in [1.29, 1.82) is 0 Å². The molecule has 0 saturated heterocycles. The second-order valence-corrected chi connectivity index (χ2v) is 6.15. The number of carbonyl (C=O) groups excluding carboxylic acids is 1. The van der Waals surface area contributed by atoms with E-state index in [1.165, 1.54) is 0 Å². The summed E-state index contributed by atoms with van der Waals surface area (Å²) in [6.45, 7) is 1.28. The fraction of sp³-hybridized carbons (Fsp3) is 0.263. The maximum Gasteiger partial charge on any atom is 0.253 e. The number of carbonyl (C=O) groups is 1. The molecule has 0 aliphatic heterocycles. The van der Waals surface area contributed by atoms with Gasteiger partial charge in [-0.25, -0.2) is 0 Å². The van der Waals surface area contributed by atoms with E-state index in [0.717, 1.165) is 6.54 Å². The van der Waals surface area contributed by atoms with E-state index in [0.29, 0.717) is 39.7 Å².